The number of thiazole rings is 1. The van der Waals surface area contributed by atoms with Crippen LogP contribution in [0, 0.1) is 15.3 Å². The van der Waals surface area contributed by atoms with Crippen molar-refractivity contribution in [1.29, 1.82) is 5.26 Å². The Bertz CT molecular complexity index is 1070. The van der Waals surface area contributed by atoms with Crippen LogP contribution in [-0.2, 0) is 4.79 Å². The molecule has 0 saturated heterocycles. The van der Waals surface area contributed by atoms with E-state index in [2.05, 4.69) is 9.97 Å². The van der Waals surface area contributed by atoms with Crippen molar-refractivity contribution in [2.75, 3.05) is 4.90 Å². The van der Waals surface area contributed by atoms with E-state index >= 15 is 0 Å². The lowest BCUT2D eigenvalue weighted by Crippen LogP contribution is -2.37. The zero-order chi connectivity index (χ0) is 18.7. The summed E-state index contributed by atoms with van der Waals surface area (Å²) in [7, 11) is 0. The van der Waals surface area contributed by atoms with E-state index in [0.29, 0.717) is 3.95 Å². The highest BCUT2D eigenvalue weighted by Crippen LogP contribution is 2.28. The van der Waals surface area contributed by atoms with Crippen molar-refractivity contribution in [2.45, 2.75) is 19.9 Å². The third-order valence-electron chi connectivity index (χ3n) is 3.79. The Morgan fingerprint density at radius 1 is 1.35 bits per heavy atom. The van der Waals surface area contributed by atoms with E-state index in [9.17, 15) is 10.1 Å². The maximum absolute atomic E-state index is 13.1. The first-order valence-corrected chi connectivity index (χ1v) is 9.20. The largest absolute Gasteiger partial charge is 0.337 e. The number of carbonyl (C=O) groups is 1. The van der Waals surface area contributed by atoms with E-state index in [-0.39, 0.29) is 17.5 Å². The zero-order valence-corrected chi connectivity index (χ0v) is 15.9. The summed E-state index contributed by atoms with van der Waals surface area (Å²) in [4.78, 5) is 21.7. The minimum atomic E-state index is -0.335. The Hall–Kier alpha value is -2.82. The Labute approximate surface area is 160 Å². The van der Waals surface area contributed by atoms with Crippen molar-refractivity contribution in [2.24, 2.45) is 0 Å². The molecule has 7 heteroatoms. The second-order valence-corrected chi connectivity index (χ2v) is 7.63. The van der Waals surface area contributed by atoms with Gasteiger partial charge in [0, 0.05) is 24.1 Å². The summed E-state index contributed by atoms with van der Waals surface area (Å²) in [6.07, 6.45) is 4.83. The maximum Gasteiger partial charge on any atom is 0.269 e. The molecule has 0 aliphatic rings. The number of fused-ring (bicyclic) bond motifs is 1. The van der Waals surface area contributed by atoms with Crippen LogP contribution in [0.2, 0.25) is 0 Å². The fraction of sp³-hybridized carbons (Fsp3) is 0.158. The summed E-state index contributed by atoms with van der Waals surface area (Å²) in [6.45, 7) is 3.84. The summed E-state index contributed by atoms with van der Waals surface area (Å²) in [5.41, 5.74) is 2.51. The molecule has 0 aliphatic heterocycles. The Morgan fingerprint density at radius 2 is 2.08 bits per heavy atom. The van der Waals surface area contributed by atoms with Gasteiger partial charge in [-0.15, -0.1) is 11.3 Å². The fourth-order valence-electron chi connectivity index (χ4n) is 2.63. The molecule has 0 fully saturated rings. The van der Waals surface area contributed by atoms with Crippen LogP contribution in [0.4, 0.5) is 5.69 Å². The highest BCUT2D eigenvalue weighted by Gasteiger charge is 2.23. The van der Waals surface area contributed by atoms with E-state index in [1.807, 2.05) is 38.1 Å². The van der Waals surface area contributed by atoms with Crippen LogP contribution >= 0.6 is 23.6 Å². The first-order chi connectivity index (χ1) is 12.5. The van der Waals surface area contributed by atoms with Gasteiger partial charge in [-0.2, -0.15) is 5.26 Å². The molecule has 2 heterocycles. The molecule has 0 spiro atoms. The molecule has 0 bridgehead atoms. The number of nitrogens with zero attached hydrogens (tertiary/aromatic N) is 3. The van der Waals surface area contributed by atoms with Crippen LogP contribution < -0.4 is 4.90 Å². The third-order valence-corrected chi connectivity index (χ3v) is 4.98. The van der Waals surface area contributed by atoms with Gasteiger partial charge in [0.25, 0.3) is 5.91 Å². The lowest BCUT2D eigenvalue weighted by Gasteiger charge is -2.26. The van der Waals surface area contributed by atoms with Crippen molar-refractivity contribution in [3.05, 3.63) is 57.8 Å². The van der Waals surface area contributed by atoms with Crippen molar-refractivity contribution >= 4 is 51.4 Å². The topological polar surface area (TPSA) is 72.8 Å². The number of nitriles is 1. The molecule has 5 nitrogen and oxygen atoms in total. The lowest BCUT2D eigenvalue weighted by molar-refractivity contribution is -0.115. The van der Waals surface area contributed by atoms with Gasteiger partial charge in [-0.25, -0.2) is 0 Å². The predicted octanol–water partition coefficient (Wildman–Crippen LogP) is 4.70. The number of anilines is 1. The molecule has 0 saturated carbocycles. The molecule has 1 aromatic carbocycles. The standard InChI is InChI=1S/C19H16N4OS2/c1-12(2)23(15-3-4-16-17(10-15)26-19(25)22-16)18(24)14(11-20)9-13-5-7-21-8-6-13/h3-10,12H,1-2H3,(H,22,25). The average molecular weight is 380 g/mol. The van der Waals surface area contributed by atoms with Gasteiger partial charge >= 0.3 is 0 Å². The molecule has 26 heavy (non-hydrogen) atoms. The quantitative estimate of drug-likeness (QED) is 0.404. The van der Waals surface area contributed by atoms with Gasteiger partial charge in [-0.1, -0.05) is 0 Å². The van der Waals surface area contributed by atoms with E-state index in [1.165, 1.54) is 11.3 Å². The predicted molar refractivity (Wildman–Crippen MR) is 107 cm³/mol. The molecule has 0 unspecified atom stereocenters. The summed E-state index contributed by atoms with van der Waals surface area (Å²) in [5, 5.41) is 9.51. The lowest BCUT2D eigenvalue weighted by atomic mass is 10.1. The highest BCUT2D eigenvalue weighted by molar-refractivity contribution is 7.73. The van der Waals surface area contributed by atoms with Gasteiger partial charge < -0.3 is 9.88 Å². The minimum Gasteiger partial charge on any atom is -0.337 e. The van der Waals surface area contributed by atoms with Gasteiger partial charge in [0.05, 0.1) is 10.2 Å². The summed E-state index contributed by atoms with van der Waals surface area (Å²) >= 11 is 6.64. The number of H-pyrrole nitrogens is 1. The molecule has 3 rings (SSSR count). The van der Waals surface area contributed by atoms with Gasteiger partial charge in [-0.05, 0) is 68.0 Å². The number of hydrogen-bond donors (Lipinski definition) is 1. The number of rotatable bonds is 4. The molecular formula is C19H16N4OS2. The second kappa shape index (κ2) is 7.60. The highest BCUT2D eigenvalue weighted by atomic mass is 32.1. The first kappa shape index (κ1) is 18.0. The molecule has 130 valence electrons. The van der Waals surface area contributed by atoms with Crippen molar-refractivity contribution in [3.63, 3.8) is 0 Å². The van der Waals surface area contributed by atoms with Crippen LogP contribution in [0.25, 0.3) is 16.3 Å². The van der Waals surface area contributed by atoms with Crippen LogP contribution in [0.3, 0.4) is 0 Å². The van der Waals surface area contributed by atoms with E-state index in [1.54, 1.807) is 35.5 Å². The number of pyridine rings is 1. The molecule has 3 aromatic rings. The van der Waals surface area contributed by atoms with E-state index < -0.39 is 0 Å². The number of benzene rings is 1. The van der Waals surface area contributed by atoms with Crippen LogP contribution in [0.15, 0.2) is 48.3 Å². The van der Waals surface area contributed by atoms with Crippen LogP contribution in [0.1, 0.15) is 19.4 Å². The fourth-order valence-corrected chi connectivity index (χ4v) is 3.78. The van der Waals surface area contributed by atoms with Gasteiger partial charge in [0.15, 0.2) is 3.95 Å². The van der Waals surface area contributed by atoms with E-state index in [0.717, 1.165) is 21.5 Å². The average Bonchev–Trinajstić information content (AvgIpc) is 2.99. The Kier molecular flexibility index (Phi) is 5.26. The molecule has 0 aliphatic carbocycles. The Morgan fingerprint density at radius 3 is 2.73 bits per heavy atom. The normalized spacial score (nSPS) is 11.5. The van der Waals surface area contributed by atoms with Crippen molar-refractivity contribution in [3.8, 4) is 6.07 Å². The smallest absolute Gasteiger partial charge is 0.269 e. The van der Waals surface area contributed by atoms with Gasteiger partial charge in [0.2, 0.25) is 0 Å². The van der Waals surface area contributed by atoms with Crippen molar-refractivity contribution in [1.82, 2.24) is 9.97 Å². The summed E-state index contributed by atoms with van der Waals surface area (Å²) < 4.78 is 1.66. The van der Waals surface area contributed by atoms with Crippen LogP contribution in [0.5, 0.6) is 0 Å². The SMILES string of the molecule is CC(C)N(C(=O)C(C#N)=Cc1ccncc1)c1ccc2[nH]c(=S)sc2c1. The number of aromatic nitrogens is 2. The molecule has 0 radical (unpaired) electrons. The number of hydrogen-bond acceptors (Lipinski definition) is 5. The molecule has 0 atom stereocenters. The number of carbonyl (C=O) groups excluding carboxylic acids is 1. The molecule has 2 aromatic heterocycles. The van der Waals surface area contributed by atoms with Gasteiger partial charge in [-0.3, -0.25) is 9.78 Å². The summed E-state index contributed by atoms with van der Waals surface area (Å²) in [5.74, 6) is -0.335. The minimum absolute atomic E-state index is 0.0756. The molecule has 1 amide bonds. The van der Waals surface area contributed by atoms with E-state index in [4.69, 9.17) is 12.2 Å². The first-order valence-electron chi connectivity index (χ1n) is 7.98. The van der Waals surface area contributed by atoms with Crippen LogP contribution in [-0.4, -0.2) is 21.9 Å². The molecular weight excluding hydrogens is 364 g/mol. The number of aromatic amines is 1. The number of amides is 1. The number of nitrogens with one attached hydrogen (secondary N) is 1. The van der Waals surface area contributed by atoms with Crippen molar-refractivity contribution < 1.29 is 4.79 Å². The summed E-state index contributed by atoms with van der Waals surface area (Å²) in [6, 6.07) is 11.1. The zero-order valence-electron chi connectivity index (χ0n) is 14.3. The van der Waals surface area contributed by atoms with Gasteiger partial charge in [0.1, 0.15) is 11.6 Å². The third kappa shape index (κ3) is 3.72. The molecule has 1 N–H and O–H groups in total. The second-order valence-electron chi connectivity index (χ2n) is 5.91. The Balaban J connectivity index is 2.02. The monoisotopic (exact) mass is 380 g/mol. The maximum atomic E-state index is 13.1.